The van der Waals surface area contributed by atoms with Crippen molar-refractivity contribution in [3.63, 3.8) is 0 Å². The van der Waals surface area contributed by atoms with Crippen LogP contribution in [0.2, 0.25) is 0 Å². The molecule has 0 fully saturated rings. The van der Waals surface area contributed by atoms with Crippen LogP contribution in [-0.2, 0) is 0 Å². The molecule has 18 heavy (non-hydrogen) atoms. The van der Waals surface area contributed by atoms with Gasteiger partial charge in [0.05, 0.1) is 0 Å². The highest BCUT2D eigenvalue weighted by Gasteiger charge is 2.10. The van der Waals surface area contributed by atoms with Gasteiger partial charge in [-0.25, -0.2) is 4.98 Å². The molecule has 3 N–H and O–H groups in total. The number of amides is 1. The second-order valence-corrected chi connectivity index (χ2v) is 3.60. The Morgan fingerprint density at radius 1 is 1.28 bits per heavy atom. The Labute approximate surface area is 105 Å². The Kier molecular flexibility index (Phi) is 3.43. The van der Waals surface area contributed by atoms with Crippen LogP contribution in [0.15, 0.2) is 42.6 Å². The summed E-state index contributed by atoms with van der Waals surface area (Å²) in [5, 5.41) is 3.00. The van der Waals surface area contributed by atoms with Gasteiger partial charge in [0, 0.05) is 18.9 Å². The van der Waals surface area contributed by atoms with Gasteiger partial charge >= 0.3 is 0 Å². The third kappa shape index (κ3) is 2.57. The minimum Gasteiger partial charge on any atom is -0.438 e. The monoisotopic (exact) mass is 243 g/mol. The molecule has 0 radical (unpaired) electrons. The van der Waals surface area contributed by atoms with E-state index < -0.39 is 5.91 Å². The number of benzene rings is 1. The fraction of sp³-hybridized carbons (Fsp3) is 0.0769. The van der Waals surface area contributed by atoms with Crippen LogP contribution in [-0.4, -0.2) is 17.9 Å². The van der Waals surface area contributed by atoms with Gasteiger partial charge < -0.3 is 15.8 Å². The van der Waals surface area contributed by atoms with Crippen molar-refractivity contribution in [2.45, 2.75) is 0 Å². The molecule has 2 aromatic rings. The van der Waals surface area contributed by atoms with E-state index in [1.807, 2.05) is 19.2 Å². The lowest BCUT2D eigenvalue weighted by molar-refractivity contribution is 0.0997. The molecule has 0 saturated carbocycles. The second-order valence-electron chi connectivity index (χ2n) is 3.60. The third-order valence-electron chi connectivity index (χ3n) is 2.39. The highest BCUT2D eigenvalue weighted by Crippen LogP contribution is 2.23. The minimum atomic E-state index is -0.565. The van der Waals surface area contributed by atoms with Crippen LogP contribution in [0.3, 0.4) is 0 Å². The number of anilines is 1. The van der Waals surface area contributed by atoms with Gasteiger partial charge in [0.25, 0.3) is 5.91 Å². The summed E-state index contributed by atoms with van der Waals surface area (Å²) in [5.74, 6) is 0.238. The number of ether oxygens (including phenoxy) is 1. The fourth-order valence-electron chi connectivity index (χ4n) is 1.46. The summed E-state index contributed by atoms with van der Waals surface area (Å²) in [7, 11) is 1.83. The molecule has 0 atom stereocenters. The zero-order chi connectivity index (χ0) is 13.0. The average Bonchev–Trinajstić information content (AvgIpc) is 2.40. The molecule has 0 unspecified atom stereocenters. The number of nitrogens with one attached hydrogen (secondary N) is 1. The zero-order valence-corrected chi connectivity index (χ0v) is 9.88. The third-order valence-corrected chi connectivity index (χ3v) is 2.39. The maximum Gasteiger partial charge on any atom is 0.254 e. The van der Waals surface area contributed by atoms with Gasteiger partial charge in [-0.1, -0.05) is 0 Å². The smallest absolute Gasteiger partial charge is 0.254 e. The first-order valence-corrected chi connectivity index (χ1v) is 5.41. The van der Waals surface area contributed by atoms with E-state index in [0.717, 1.165) is 5.69 Å². The molecule has 1 aromatic heterocycles. The molecular weight excluding hydrogens is 230 g/mol. The van der Waals surface area contributed by atoms with Crippen molar-refractivity contribution >= 4 is 11.6 Å². The van der Waals surface area contributed by atoms with E-state index in [4.69, 9.17) is 10.5 Å². The molecule has 0 aliphatic carbocycles. The predicted molar refractivity (Wildman–Crippen MR) is 68.8 cm³/mol. The van der Waals surface area contributed by atoms with E-state index in [1.54, 1.807) is 30.5 Å². The molecular formula is C13H13N3O2. The van der Waals surface area contributed by atoms with Gasteiger partial charge in [-0.3, -0.25) is 4.79 Å². The standard InChI is InChI=1S/C13H13N3O2/c1-15-9-4-6-10(7-5-9)18-13-11(12(14)17)3-2-8-16-13/h2-8,15H,1H3,(H2,14,17). The Balaban J connectivity index is 2.25. The Hall–Kier alpha value is -2.56. The fourth-order valence-corrected chi connectivity index (χ4v) is 1.46. The summed E-state index contributed by atoms with van der Waals surface area (Å²) >= 11 is 0. The molecule has 2 rings (SSSR count). The molecule has 0 saturated heterocycles. The molecule has 1 amide bonds. The Morgan fingerprint density at radius 3 is 2.61 bits per heavy atom. The van der Waals surface area contributed by atoms with Crippen LogP contribution in [0, 0.1) is 0 Å². The number of rotatable bonds is 4. The summed E-state index contributed by atoms with van der Waals surface area (Å²) in [4.78, 5) is 15.2. The van der Waals surface area contributed by atoms with Gasteiger partial charge in [-0.05, 0) is 36.4 Å². The lowest BCUT2D eigenvalue weighted by atomic mass is 10.2. The van der Waals surface area contributed by atoms with Crippen molar-refractivity contribution in [2.24, 2.45) is 5.73 Å². The predicted octanol–water partition coefficient (Wildman–Crippen LogP) is 2.01. The molecule has 0 spiro atoms. The van der Waals surface area contributed by atoms with Gasteiger partial charge in [0.15, 0.2) is 0 Å². The molecule has 1 heterocycles. The van der Waals surface area contributed by atoms with Crippen molar-refractivity contribution < 1.29 is 9.53 Å². The first kappa shape index (κ1) is 11.9. The number of pyridine rings is 1. The number of nitrogens with two attached hydrogens (primary N) is 1. The number of carbonyl (C=O) groups is 1. The molecule has 92 valence electrons. The van der Waals surface area contributed by atoms with E-state index in [0.29, 0.717) is 5.75 Å². The largest absolute Gasteiger partial charge is 0.438 e. The van der Waals surface area contributed by atoms with Crippen LogP contribution in [0.1, 0.15) is 10.4 Å². The van der Waals surface area contributed by atoms with E-state index in [-0.39, 0.29) is 11.4 Å². The maximum atomic E-state index is 11.2. The number of hydrogen-bond donors (Lipinski definition) is 2. The number of aromatic nitrogens is 1. The summed E-state index contributed by atoms with van der Waals surface area (Å²) < 4.78 is 5.53. The minimum absolute atomic E-state index is 0.210. The maximum absolute atomic E-state index is 11.2. The van der Waals surface area contributed by atoms with Gasteiger partial charge in [-0.15, -0.1) is 0 Å². The Bertz CT molecular complexity index is 552. The number of nitrogens with zero attached hydrogens (tertiary/aromatic N) is 1. The Morgan fingerprint density at radius 2 is 2.00 bits per heavy atom. The molecule has 0 aliphatic rings. The summed E-state index contributed by atoms with van der Waals surface area (Å²) in [5.41, 5.74) is 6.48. The normalized spacial score (nSPS) is 9.83. The summed E-state index contributed by atoms with van der Waals surface area (Å²) in [6.07, 6.45) is 1.55. The lowest BCUT2D eigenvalue weighted by Gasteiger charge is -2.08. The van der Waals surface area contributed by atoms with Crippen molar-refractivity contribution in [2.75, 3.05) is 12.4 Å². The number of primary amides is 1. The van der Waals surface area contributed by atoms with Gasteiger partial charge in [0.1, 0.15) is 11.3 Å². The zero-order valence-electron chi connectivity index (χ0n) is 9.88. The van der Waals surface area contributed by atoms with Crippen molar-refractivity contribution in [1.29, 1.82) is 0 Å². The molecule has 5 nitrogen and oxygen atoms in total. The van der Waals surface area contributed by atoms with E-state index in [9.17, 15) is 4.79 Å². The topological polar surface area (TPSA) is 77.2 Å². The second kappa shape index (κ2) is 5.18. The van der Waals surface area contributed by atoms with Gasteiger partial charge in [-0.2, -0.15) is 0 Å². The first-order valence-electron chi connectivity index (χ1n) is 5.41. The molecule has 1 aromatic carbocycles. The average molecular weight is 243 g/mol. The van der Waals surface area contributed by atoms with Crippen molar-refractivity contribution in [3.8, 4) is 11.6 Å². The SMILES string of the molecule is CNc1ccc(Oc2ncccc2C(N)=O)cc1. The molecule has 0 aliphatic heterocycles. The summed E-state index contributed by atoms with van der Waals surface area (Å²) in [6, 6.07) is 10.5. The number of carbonyl (C=O) groups excluding carboxylic acids is 1. The van der Waals surface area contributed by atoms with E-state index >= 15 is 0 Å². The van der Waals surface area contributed by atoms with Crippen LogP contribution in [0.5, 0.6) is 11.6 Å². The van der Waals surface area contributed by atoms with E-state index in [2.05, 4.69) is 10.3 Å². The van der Waals surface area contributed by atoms with Crippen LogP contribution in [0.4, 0.5) is 5.69 Å². The molecule has 5 heteroatoms. The quantitative estimate of drug-likeness (QED) is 0.861. The van der Waals surface area contributed by atoms with Gasteiger partial charge in [0.2, 0.25) is 5.88 Å². The lowest BCUT2D eigenvalue weighted by Crippen LogP contribution is -2.12. The van der Waals surface area contributed by atoms with Crippen LogP contribution in [0.25, 0.3) is 0 Å². The first-order chi connectivity index (χ1) is 8.70. The van der Waals surface area contributed by atoms with Crippen molar-refractivity contribution in [3.05, 3.63) is 48.2 Å². The highest BCUT2D eigenvalue weighted by molar-refractivity contribution is 5.95. The molecule has 0 bridgehead atoms. The highest BCUT2D eigenvalue weighted by atomic mass is 16.5. The summed E-state index contributed by atoms with van der Waals surface area (Å²) in [6.45, 7) is 0. The van der Waals surface area contributed by atoms with Crippen LogP contribution < -0.4 is 15.8 Å². The van der Waals surface area contributed by atoms with Crippen LogP contribution >= 0.6 is 0 Å². The van der Waals surface area contributed by atoms with Crippen molar-refractivity contribution in [1.82, 2.24) is 4.98 Å². The number of hydrogen-bond acceptors (Lipinski definition) is 4. The van der Waals surface area contributed by atoms with E-state index in [1.165, 1.54) is 0 Å².